The molecule has 2 aromatic rings. The van der Waals surface area contributed by atoms with Crippen molar-refractivity contribution in [2.75, 3.05) is 18.0 Å². The van der Waals surface area contributed by atoms with Gasteiger partial charge in [0.2, 0.25) is 5.28 Å². The molecule has 1 aromatic carbocycles. The van der Waals surface area contributed by atoms with Crippen LogP contribution >= 0.6 is 46.4 Å². The Morgan fingerprint density at radius 3 is 2.70 bits per heavy atom. The fraction of sp³-hybridized carbons (Fsp3) is 0.333. The monoisotopic (exact) mass is 390 g/mol. The molecule has 1 N–H and O–H groups in total. The second kappa shape index (κ2) is 7.41. The Kier molecular flexibility index (Phi) is 5.49. The van der Waals surface area contributed by atoms with Crippen molar-refractivity contribution >= 4 is 52.2 Å². The van der Waals surface area contributed by atoms with Crippen molar-refractivity contribution in [2.45, 2.75) is 19.0 Å². The van der Waals surface area contributed by atoms with Crippen molar-refractivity contribution in [3.63, 3.8) is 0 Å². The third kappa shape index (κ3) is 4.40. The van der Waals surface area contributed by atoms with Crippen molar-refractivity contribution in [2.24, 2.45) is 0 Å². The van der Waals surface area contributed by atoms with Crippen LogP contribution in [0.25, 0.3) is 0 Å². The summed E-state index contributed by atoms with van der Waals surface area (Å²) in [5.41, 5.74) is 1.03. The molecule has 1 saturated heterocycles. The van der Waals surface area contributed by atoms with E-state index in [1.54, 1.807) is 12.1 Å². The molecule has 2 heterocycles. The molecule has 1 aliphatic heterocycles. The topological polar surface area (TPSA) is 41.0 Å². The van der Waals surface area contributed by atoms with Crippen LogP contribution in [0.1, 0.15) is 12.0 Å². The van der Waals surface area contributed by atoms with Crippen molar-refractivity contribution in [1.82, 2.24) is 15.3 Å². The number of nitrogens with zero attached hydrogens (tertiary/aromatic N) is 3. The van der Waals surface area contributed by atoms with Gasteiger partial charge in [0.05, 0.1) is 0 Å². The number of aromatic nitrogens is 2. The van der Waals surface area contributed by atoms with Gasteiger partial charge in [-0.15, -0.1) is 0 Å². The molecular weight excluding hydrogens is 378 g/mol. The molecule has 122 valence electrons. The number of benzene rings is 1. The predicted octanol–water partition coefficient (Wildman–Crippen LogP) is 4.46. The van der Waals surface area contributed by atoms with Gasteiger partial charge in [0.25, 0.3) is 0 Å². The molecule has 0 saturated carbocycles. The van der Waals surface area contributed by atoms with E-state index < -0.39 is 0 Å². The van der Waals surface area contributed by atoms with Gasteiger partial charge >= 0.3 is 0 Å². The molecule has 1 atom stereocenters. The zero-order valence-electron chi connectivity index (χ0n) is 12.1. The second-order valence-corrected chi connectivity index (χ2v) is 6.94. The first-order chi connectivity index (χ1) is 11.0. The highest BCUT2D eigenvalue weighted by Gasteiger charge is 2.24. The first-order valence-electron chi connectivity index (χ1n) is 7.13. The summed E-state index contributed by atoms with van der Waals surface area (Å²) in [4.78, 5) is 10.2. The van der Waals surface area contributed by atoms with Gasteiger partial charge in [0, 0.05) is 41.8 Å². The van der Waals surface area contributed by atoms with Gasteiger partial charge in [-0.1, -0.05) is 40.9 Å². The van der Waals surface area contributed by atoms with E-state index in [0.717, 1.165) is 30.9 Å². The molecule has 4 nitrogen and oxygen atoms in total. The standard InChI is InChI=1S/C15H14Cl4N4/c16-10-2-1-9(12(17)5-10)7-20-11-3-4-23(8-11)14-6-13(18)21-15(19)22-14/h1-2,5-6,11,20H,3-4,7-8H2/t11-/m0/s1. The lowest BCUT2D eigenvalue weighted by Crippen LogP contribution is -2.32. The minimum atomic E-state index is 0.164. The highest BCUT2D eigenvalue weighted by Crippen LogP contribution is 2.24. The Hall–Kier alpha value is -0.780. The van der Waals surface area contributed by atoms with Crippen LogP contribution < -0.4 is 10.2 Å². The van der Waals surface area contributed by atoms with E-state index in [-0.39, 0.29) is 5.28 Å². The lowest BCUT2D eigenvalue weighted by atomic mass is 10.2. The third-order valence-electron chi connectivity index (χ3n) is 3.76. The number of anilines is 1. The number of hydrogen-bond donors (Lipinski definition) is 1. The fourth-order valence-electron chi connectivity index (χ4n) is 2.60. The number of rotatable bonds is 4. The summed E-state index contributed by atoms with van der Waals surface area (Å²) in [7, 11) is 0. The maximum Gasteiger partial charge on any atom is 0.225 e. The summed E-state index contributed by atoms with van der Waals surface area (Å²) >= 11 is 23.9. The lowest BCUT2D eigenvalue weighted by Gasteiger charge is -2.18. The Morgan fingerprint density at radius 1 is 1.13 bits per heavy atom. The summed E-state index contributed by atoms with van der Waals surface area (Å²) in [6, 6.07) is 7.61. The van der Waals surface area contributed by atoms with Gasteiger partial charge in [-0.05, 0) is 35.7 Å². The van der Waals surface area contributed by atoms with Gasteiger partial charge in [-0.25, -0.2) is 9.97 Å². The molecule has 0 bridgehead atoms. The zero-order valence-corrected chi connectivity index (χ0v) is 15.1. The maximum atomic E-state index is 6.19. The average molecular weight is 392 g/mol. The summed E-state index contributed by atoms with van der Waals surface area (Å²) in [5, 5.41) is 5.34. The molecule has 0 aliphatic carbocycles. The molecule has 0 radical (unpaired) electrons. The van der Waals surface area contributed by atoms with E-state index in [1.807, 2.05) is 12.1 Å². The smallest absolute Gasteiger partial charge is 0.225 e. The quantitative estimate of drug-likeness (QED) is 0.617. The molecule has 0 spiro atoms. The predicted molar refractivity (Wildman–Crippen MR) is 96.0 cm³/mol. The number of halogens is 4. The molecule has 8 heteroatoms. The van der Waals surface area contributed by atoms with E-state index in [4.69, 9.17) is 46.4 Å². The highest BCUT2D eigenvalue weighted by molar-refractivity contribution is 6.35. The molecule has 0 amide bonds. The van der Waals surface area contributed by atoms with Crippen LogP contribution in [0.4, 0.5) is 5.82 Å². The Labute approximate surface area is 154 Å². The van der Waals surface area contributed by atoms with Crippen LogP contribution in [-0.4, -0.2) is 29.1 Å². The molecule has 1 fully saturated rings. The fourth-order valence-corrected chi connectivity index (χ4v) is 3.47. The van der Waals surface area contributed by atoms with E-state index in [1.165, 1.54) is 0 Å². The summed E-state index contributed by atoms with van der Waals surface area (Å²) in [6.45, 7) is 2.41. The minimum Gasteiger partial charge on any atom is -0.355 e. The minimum absolute atomic E-state index is 0.164. The van der Waals surface area contributed by atoms with Crippen molar-refractivity contribution < 1.29 is 0 Å². The maximum absolute atomic E-state index is 6.19. The third-order valence-corrected chi connectivity index (χ3v) is 4.71. The Morgan fingerprint density at radius 2 is 1.96 bits per heavy atom. The Bertz CT molecular complexity index is 690. The Balaban J connectivity index is 1.59. The molecule has 3 rings (SSSR count). The van der Waals surface area contributed by atoms with Crippen molar-refractivity contribution in [1.29, 1.82) is 0 Å². The van der Waals surface area contributed by atoms with E-state index in [0.29, 0.717) is 27.8 Å². The first kappa shape index (κ1) is 17.1. The molecule has 1 aliphatic rings. The van der Waals surface area contributed by atoms with Gasteiger partial charge in [0.15, 0.2) is 0 Å². The van der Waals surface area contributed by atoms with E-state index in [2.05, 4.69) is 20.2 Å². The zero-order chi connectivity index (χ0) is 16.4. The van der Waals surface area contributed by atoms with E-state index in [9.17, 15) is 0 Å². The average Bonchev–Trinajstić information content (AvgIpc) is 2.94. The summed E-state index contributed by atoms with van der Waals surface area (Å²) in [6.07, 6.45) is 1.00. The van der Waals surface area contributed by atoms with Gasteiger partial charge < -0.3 is 10.2 Å². The van der Waals surface area contributed by atoms with Gasteiger partial charge in [-0.2, -0.15) is 0 Å². The van der Waals surface area contributed by atoms with Crippen molar-refractivity contribution in [3.8, 4) is 0 Å². The van der Waals surface area contributed by atoms with Crippen LogP contribution in [0, 0.1) is 0 Å². The van der Waals surface area contributed by atoms with Crippen LogP contribution in [0.3, 0.4) is 0 Å². The highest BCUT2D eigenvalue weighted by atomic mass is 35.5. The summed E-state index contributed by atoms with van der Waals surface area (Å²) < 4.78 is 0. The number of nitrogens with one attached hydrogen (secondary N) is 1. The van der Waals surface area contributed by atoms with Crippen LogP contribution in [0.5, 0.6) is 0 Å². The normalized spacial score (nSPS) is 17.7. The lowest BCUT2D eigenvalue weighted by molar-refractivity contribution is 0.551. The van der Waals surface area contributed by atoms with Gasteiger partial charge in [-0.3, -0.25) is 0 Å². The molecule has 23 heavy (non-hydrogen) atoms. The van der Waals surface area contributed by atoms with Crippen LogP contribution in [0.2, 0.25) is 20.5 Å². The van der Waals surface area contributed by atoms with Gasteiger partial charge in [0.1, 0.15) is 11.0 Å². The van der Waals surface area contributed by atoms with Crippen LogP contribution in [-0.2, 0) is 6.54 Å². The molecular formula is C15H14Cl4N4. The molecule has 0 unspecified atom stereocenters. The first-order valence-corrected chi connectivity index (χ1v) is 8.65. The molecule has 1 aromatic heterocycles. The SMILES string of the molecule is Clc1ccc(CN[C@H]2CCN(c3cc(Cl)nc(Cl)n3)C2)c(Cl)c1. The van der Waals surface area contributed by atoms with Crippen LogP contribution in [0.15, 0.2) is 24.3 Å². The number of hydrogen-bond acceptors (Lipinski definition) is 4. The second-order valence-electron chi connectivity index (χ2n) is 5.37. The van der Waals surface area contributed by atoms with E-state index >= 15 is 0 Å². The van der Waals surface area contributed by atoms with Crippen molar-refractivity contribution in [3.05, 3.63) is 50.3 Å². The largest absolute Gasteiger partial charge is 0.355 e. The summed E-state index contributed by atoms with van der Waals surface area (Å²) in [5.74, 6) is 0.754.